The first-order valence-electron chi connectivity index (χ1n) is 9.32. The maximum atomic E-state index is 4.47. The molecule has 1 aromatic rings. The van der Waals surface area contributed by atoms with Crippen molar-refractivity contribution < 1.29 is 0 Å². The third-order valence-corrected chi connectivity index (χ3v) is 5.33. The van der Waals surface area contributed by atoms with Gasteiger partial charge in [-0.25, -0.2) is 0 Å². The summed E-state index contributed by atoms with van der Waals surface area (Å²) >= 11 is 0. The molecular formula is C20H32N4. The first-order chi connectivity index (χ1) is 11.6. The van der Waals surface area contributed by atoms with Gasteiger partial charge in [0.2, 0.25) is 0 Å². The second-order valence-corrected chi connectivity index (χ2v) is 7.96. The quantitative estimate of drug-likeness (QED) is 0.524. The lowest BCUT2D eigenvalue weighted by Crippen LogP contribution is -2.42. The summed E-state index contributed by atoms with van der Waals surface area (Å²) in [6.45, 7) is 11.4. The fraction of sp³-hybridized carbons (Fsp3) is 0.650. The van der Waals surface area contributed by atoms with Crippen LogP contribution >= 0.6 is 0 Å². The number of benzene rings is 1. The summed E-state index contributed by atoms with van der Waals surface area (Å²) in [6, 6.07) is 8.86. The number of aliphatic imine (C=N–C) groups is 1. The van der Waals surface area contributed by atoms with Gasteiger partial charge in [-0.3, -0.25) is 9.89 Å². The first kappa shape index (κ1) is 17.3. The monoisotopic (exact) mass is 328 g/mol. The molecule has 24 heavy (non-hydrogen) atoms. The standard InChI is InChI=1S/C20H32N4/c1-20(2)10-14-24(16-20)19(21-3)22-11-6-12-23-13-9-17-7-4-5-8-18(17)15-23/h4-5,7-8H,6,9-16H2,1-3H3,(H,21,22). The van der Waals surface area contributed by atoms with Crippen molar-refractivity contribution in [1.29, 1.82) is 0 Å². The highest BCUT2D eigenvalue weighted by Crippen LogP contribution is 2.28. The Labute approximate surface area is 146 Å². The Hall–Kier alpha value is -1.55. The van der Waals surface area contributed by atoms with Crippen molar-refractivity contribution in [3.8, 4) is 0 Å². The molecule has 0 spiro atoms. The van der Waals surface area contributed by atoms with E-state index in [1.54, 1.807) is 0 Å². The maximum Gasteiger partial charge on any atom is 0.193 e. The number of nitrogens with one attached hydrogen (secondary N) is 1. The average molecular weight is 329 g/mol. The zero-order valence-corrected chi connectivity index (χ0v) is 15.5. The smallest absolute Gasteiger partial charge is 0.193 e. The van der Waals surface area contributed by atoms with E-state index < -0.39 is 0 Å². The van der Waals surface area contributed by atoms with E-state index in [2.05, 4.69) is 58.2 Å². The third-order valence-electron chi connectivity index (χ3n) is 5.33. The molecule has 4 heteroatoms. The summed E-state index contributed by atoms with van der Waals surface area (Å²) in [5.41, 5.74) is 3.45. The zero-order chi connectivity index (χ0) is 17.0. The van der Waals surface area contributed by atoms with Crippen molar-refractivity contribution in [2.24, 2.45) is 10.4 Å². The summed E-state index contributed by atoms with van der Waals surface area (Å²) in [6.07, 6.45) is 3.60. The number of rotatable bonds is 4. The second kappa shape index (κ2) is 7.56. The van der Waals surface area contributed by atoms with Crippen molar-refractivity contribution in [3.63, 3.8) is 0 Å². The molecule has 2 heterocycles. The SMILES string of the molecule is CN=C(NCCCN1CCc2ccccc2C1)N1CCC(C)(C)C1. The van der Waals surface area contributed by atoms with Crippen LogP contribution in [-0.2, 0) is 13.0 Å². The van der Waals surface area contributed by atoms with Crippen LogP contribution in [0.1, 0.15) is 37.8 Å². The van der Waals surface area contributed by atoms with Gasteiger partial charge >= 0.3 is 0 Å². The summed E-state index contributed by atoms with van der Waals surface area (Å²) < 4.78 is 0. The molecule has 0 aromatic heterocycles. The maximum absolute atomic E-state index is 4.47. The fourth-order valence-electron chi connectivity index (χ4n) is 3.87. The molecule has 0 radical (unpaired) electrons. The molecule has 0 amide bonds. The molecule has 0 aliphatic carbocycles. The third kappa shape index (κ3) is 4.29. The van der Waals surface area contributed by atoms with E-state index in [1.807, 2.05) is 7.05 Å². The molecule has 4 nitrogen and oxygen atoms in total. The summed E-state index contributed by atoms with van der Waals surface area (Å²) in [5.74, 6) is 1.07. The molecule has 0 atom stereocenters. The molecule has 132 valence electrons. The van der Waals surface area contributed by atoms with Gasteiger partial charge in [0.15, 0.2) is 5.96 Å². The van der Waals surface area contributed by atoms with Crippen LogP contribution in [0, 0.1) is 5.41 Å². The van der Waals surface area contributed by atoms with Gasteiger partial charge in [-0.15, -0.1) is 0 Å². The van der Waals surface area contributed by atoms with Crippen molar-refractivity contribution in [3.05, 3.63) is 35.4 Å². The molecule has 1 fully saturated rings. The molecule has 1 saturated heterocycles. The van der Waals surface area contributed by atoms with Crippen LogP contribution in [0.25, 0.3) is 0 Å². The van der Waals surface area contributed by atoms with Gasteiger partial charge in [-0.05, 0) is 35.8 Å². The van der Waals surface area contributed by atoms with E-state index in [9.17, 15) is 0 Å². The minimum atomic E-state index is 0.415. The van der Waals surface area contributed by atoms with Gasteiger partial charge in [0, 0.05) is 46.3 Å². The number of guanidine groups is 1. The zero-order valence-electron chi connectivity index (χ0n) is 15.5. The highest BCUT2D eigenvalue weighted by molar-refractivity contribution is 5.80. The van der Waals surface area contributed by atoms with E-state index in [0.29, 0.717) is 5.41 Å². The Morgan fingerprint density at radius 2 is 2.00 bits per heavy atom. The lowest BCUT2D eigenvalue weighted by atomic mass is 9.93. The lowest BCUT2D eigenvalue weighted by molar-refractivity contribution is 0.251. The second-order valence-electron chi connectivity index (χ2n) is 7.96. The van der Waals surface area contributed by atoms with Crippen molar-refractivity contribution in [2.45, 2.75) is 39.7 Å². The van der Waals surface area contributed by atoms with Crippen LogP contribution < -0.4 is 5.32 Å². The molecule has 2 aliphatic heterocycles. The minimum Gasteiger partial charge on any atom is -0.356 e. The number of likely N-dealkylation sites (tertiary alicyclic amines) is 1. The number of nitrogens with zero attached hydrogens (tertiary/aromatic N) is 3. The van der Waals surface area contributed by atoms with Gasteiger partial charge in [-0.1, -0.05) is 38.1 Å². The first-order valence-corrected chi connectivity index (χ1v) is 9.32. The number of hydrogen-bond acceptors (Lipinski definition) is 2. The van der Waals surface area contributed by atoms with Crippen LogP contribution in [0.4, 0.5) is 0 Å². The molecule has 2 aliphatic rings. The van der Waals surface area contributed by atoms with Crippen LogP contribution in [0.3, 0.4) is 0 Å². The Morgan fingerprint density at radius 3 is 2.71 bits per heavy atom. The molecule has 1 aromatic carbocycles. The number of hydrogen-bond donors (Lipinski definition) is 1. The largest absolute Gasteiger partial charge is 0.356 e. The molecule has 0 unspecified atom stereocenters. The van der Waals surface area contributed by atoms with E-state index in [1.165, 1.54) is 36.9 Å². The van der Waals surface area contributed by atoms with Crippen LogP contribution in [0.2, 0.25) is 0 Å². The highest BCUT2D eigenvalue weighted by Gasteiger charge is 2.30. The van der Waals surface area contributed by atoms with Gasteiger partial charge in [0.05, 0.1) is 0 Å². The Bertz CT molecular complexity index is 579. The topological polar surface area (TPSA) is 30.9 Å². The Kier molecular flexibility index (Phi) is 5.44. The lowest BCUT2D eigenvalue weighted by Gasteiger charge is -2.29. The van der Waals surface area contributed by atoms with Gasteiger partial charge in [0.25, 0.3) is 0 Å². The van der Waals surface area contributed by atoms with E-state index in [4.69, 9.17) is 0 Å². The molecule has 0 bridgehead atoms. The van der Waals surface area contributed by atoms with E-state index >= 15 is 0 Å². The van der Waals surface area contributed by atoms with E-state index in [-0.39, 0.29) is 0 Å². The van der Waals surface area contributed by atoms with Gasteiger partial charge in [-0.2, -0.15) is 0 Å². The van der Waals surface area contributed by atoms with Crippen molar-refractivity contribution in [2.75, 3.05) is 39.8 Å². The minimum absolute atomic E-state index is 0.415. The molecule has 0 saturated carbocycles. The highest BCUT2D eigenvalue weighted by atomic mass is 15.3. The molecule has 3 rings (SSSR count). The molecular weight excluding hydrogens is 296 g/mol. The van der Waals surface area contributed by atoms with E-state index in [0.717, 1.165) is 38.7 Å². The van der Waals surface area contributed by atoms with Gasteiger partial charge in [0.1, 0.15) is 0 Å². The molecule has 1 N–H and O–H groups in total. The van der Waals surface area contributed by atoms with Crippen molar-refractivity contribution >= 4 is 5.96 Å². The summed E-state index contributed by atoms with van der Waals surface area (Å²) in [5, 5.41) is 3.56. The summed E-state index contributed by atoms with van der Waals surface area (Å²) in [7, 11) is 1.90. The van der Waals surface area contributed by atoms with Crippen molar-refractivity contribution in [1.82, 2.24) is 15.1 Å². The predicted molar refractivity (Wildman–Crippen MR) is 101 cm³/mol. The Balaban J connectivity index is 1.40. The Morgan fingerprint density at radius 1 is 1.21 bits per heavy atom. The normalized spacial score (nSPS) is 21.0. The predicted octanol–water partition coefficient (Wildman–Crippen LogP) is 2.74. The van der Waals surface area contributed by atoms with Crippen LogP contribution in [0.15, 0.2) is 29.3 Å². The fourth-order valence-corrected chi connectivity index (χ4v) is 3.87. The average Bonchev–Trinajstić information content (AvgIpc) is 2.94. The summed E-state index contributed by atoms with van der Waals surface area (Å²) in [4.78, 5) is 9.44. The number of fused-ring (bicyclic) bond motifs is 1. The van der Waals surface area contributed by atoms with Crippen LogP contribution in [-0.4, -0.2) is 55.5 Å². The van der Waals surface area contributed by atoms with Gasteiger partial charge < -0.3 is 10.2 Å². The van der Waals surface area contributed by atoms with Crippen LogP contribution in [0.5, 0.6) is 0 Å².